The first-order valence-electron chi connectivity index (χ1n) is 7.80. The number of hydrogen-bond acceptors (Lipinski definition) is 3. The Kier molecular flexibility index (Phi) is 4.55. The van der Waals surface area contributed by atoms with Crippen molar-refractivity contribution >= 4 is 0 Å². The summed E-state index contributed by atoms with van der Waals surface area (Å²) in [6.07, 6.45) is 7.51. The van der Waals surface area contributed by atoms with Crippen molar-refractivity contribution in [2.45, 2.75) is 45.4 Å². The molecule has 112 valence electrons. The van der Waals surface area contributed by atoms with Crippen LogP contribution in [-0.2, 0) is 13.2 Å². The molecule has 0 bridgehead atoms. The second-order valence-corrected chi connectivity index (χ2v) is 5.64. The van der Waals surface area contributed by atoms with Crippen LogP contribution in [-0.4, -0.2) is 16.1 Å². The summed E-state index contributed by atoms with van der Waals surface area (Å²) in [7, 11) is 0. The van der Waals surface area contributed by atoms with Gasteiger partial charge in [0, 0.05) is 12.6 Å². The molecule has 0 atom stereocenters. The van der Waals surface area contributed by atoms with E-state index in [-0.39, 0.29) is 0 Å². The summed E-state index contributed by atoms with van der Waals surface area (Å²) in [4.78, 5) is 4.24. The largest absolute Gasteiger partial charge is 0.487 e. The minimum absolute atomic E-state index is 0.586. The minimum atomic E-state index is 0.586. The Hall–Kier alpha value is -1.81. The molecule has 2 aromatic rings. The second-order valence-electron chi connectivity index (χ2n) is 5.64. The first kappa shape index (κ1) is 14.1. The number of ether oxygens (including phenoxy) is 1. The van der Waals surface area contributed by atoms with E-state index in [4.69, 9.17) is 4.74 Å². The van der Waals surface area contributed by atoms with Crippen molar-refractivity contribution in [1.29, 1.82) is 0 Å². The highest BCUT2D eigenvalue weighted by Gasteiger charge is 2.25. The van der Waals surface area contributed by atoms with Crippen LogP contribution in [0, 0.1) is 0 Å². The highest BCUT2D eigenvalue weighted by Crippen LogP contribution is 2.35. The van der Waals surface area contributed by atoms with Crippen molar-refractivity contribution in [3.63, 3.8) is 0 Å². The molecule has 3 rings (SSSR count). The lowest BCUT2D eigenvalue weighted by Gasteiger charge is -2.10. The molecule has 1 N–H and O–H groups in total. The molecular formula is C17H23N3O. The quantitative estimate of drug-likeness (QED) is 0.756. The van der Waals surface area contributed by atoms with Gasteiger partial charge in [0.25, 0.3) is 0 Å². The number of benzene rings is 1. The molecule has 1 aliphatic carbocycles. The fourth-order valence-electron chi connectivity index (χ4n) is 2.44. The molecule has 1 aromatic heterocycles. The van der Waals surface area contributed by atoms with E-state index in [1.807, 2.05) is 18.6 Å². The standard InChI is InChI=1S/C17H23N3O/c1-2-8-18-10-14-4-3-5-17(9-14)21-12-16-11-19-13-20(16)15-6-7-15/h3-5,9,11,13,15,18H,2,6-8,10,12H2,1H3. The van der Waals surface area contributed by atoms with Crippen molar-refractivity contribution in [2.75, 3.05) is 6.54 Å². The van der Waals surface area contributed by atoms with Gasteiger partial charge in [-0.05, 0) is 43.5 Å². The van der Waals surface area contributed by atoms with Gasteiger partial charge in [0.2, 0.25) is 0 Å². The van der Waals surface area contributed by atoms with Gasteiger partial charge in [-0.25, -0.2) is 4.98 Å². The monoisotopic (exact) mass is 285 g/mol. The molecule has 0 unspecified atom stereocenters. The molecule has 0 aliphatic heterocycles. The molecule has 21 heavy (non-hydrogen) atoms. The SMILES string of the molecule is CCCNCc1cccc(OCc2cncn2C2CC2)c1. The van der Waals surface area contributed by atoms with Gasteiger partial charge < -0.3 is 14.6 Å². The lowest BCUT2D eigenvalue weighted by atomic mass is 10.2. The van der Waals surface area contributed by atoms with Crippen LogP contribution in [0.15, 0.2) is 36.8 Å². The Morgan fingerprint density at radius 3 is 3.10 bits per heavy atom. The summed E-state index contributed by atoms with van der Waals surface area (Å²) in [6, 6.07) is 8.96. The Labute approximate surface area is 126 Å². The first-order valence-corrected chi connectivity index (χ1v) is 7.80. The molecule has 0 radical (unpaired) electrons. The maximum absolute atomic E-state index is 5.93. The fourth-order valence-corrected chi connectivity index (χ4v) is 2.44. The van der Waals surface area contributed by atoms with Crippen LogP contribution in [0.4, 0.5) is 0 Å². The Bertz CT molecular complexity index is 575. The van der Waals surface area contributed by atoms with E-state index in [9.17, 15) is 0 Å². The average molecular weight is 285 g/mol. The number of rotatable bonds is 8. The van der Waals surface area contributed by atoms with Crippen LogP contribution in [0.3, 0.4) is 0 Å². The van der Waals surface area contributed by atoms with Gasteiger partial charge in [-0.15, -0.1) is 0 Å². The van der Waals surface area contributed by atoms with Gasteiger partial charge in [0.05, 0.1) is 18.2 Å². The smallest absolute Gasteiger partial charge is 0.130 e. The van der Waals surface area contributed by atoms with Crippen LogP contribution >= 0.6 is 0 Å². The summed E-state index contributed by atoms with van der Waals surface area (Å²) in [5.74, 6) is 0.925. The molecular weight excluding hydrogens is 262 g/mol. The summed E-state index contributed by atoms with van der Waals surface area (Å²) in [5, 5.41) is 3.41. The average Bonchev–Trinajstić information content (AvgIpc) is 3.24. The van der Waals surface area contributed by atoms with Crippen LogP contribution in [0.1, 0.15) is 43.5 Å². The number of imidazole rings is 1. The zero-order valence-corrected chi connectivity index (χ0v) is 12.6. The first-order chi connectivity index (χ1) is 10.4. The molecule has 0 amide bonds. The van der Waals surface area contributed by atoms with Crippen LogP contribution < -0.4 is 10.1 Å². The minimum Gasteiger partial charge on any atom is -0.487 e. The molecule has 1 heterocycles. The van der Waals surface area contributed by atoms with Crippen molar-refractivity contribution < 1.29 is 4.74 Å². The molecule has 1 aliphatic rings. The van der Waals surface area contributed by atoms with E-state index in [2.05, 4.69) is 40.0 Å². The highest BCUT2D eigenvalue weighted by atomic mass is 16.5. The highest BCUT2D eigenvalue weighted by molar-refractivity contribution is 5.28. The lowest BCUT2D eigenvalue weighted by molar-refractivity contribution is 0.294. The number of aromatic nitrogens is 2. The third-order valence-corrected chi connectivity index (χ3v) is 3.73. The fraction of sp³-hybridized carbons (Fsp3) is 0.471. The van der Waals surface area contributed by atoms with Crippen LogP contribution in [0.25, 0.3) is 0 Å². The van der Waals surface area contributed by atoms with Gasteiger partial charge in [0.1, 0.15) is 12.4 Å². The normalized spacial score (nSPS) is 14.3. The van der Waals surface area contributed by atoms with E-state index >= 15 is 0 Å². The molecule has 1 fully saturated rings. The van der Waals surface area contributed by atoms with Gasteiger partial charge >= 0.3 is 0 Å². The molecule has 0 spiro atoms. The summed E-state index contributed by atoms with van der Waals surface area (Å²) >= 11 is 0. The lowest BCUT2D eigenvalue weighted by Crippen LogP contribution is -2.13. The maximum atomic E-state index is 5.93. The molecule has 0 saturated heterocycles. The summed E-state index contributed by atoms with van der Waals surface area (Å²) in [5.41, 5.74) is 2.42. The maximum Gasteiger partial charge on any atom is 0.130 e. The zero-order valence-electron chi connectivity index (χ0n) is 12.6. The van der Waals surface area contributed by atoms with E-state index in [1.165, 1.54) is 18.4 Å². The van der Waals surface area contributed by atoms with Crippen LogP contribution in [0.5, 0.6) is 5.75 Å². The molecule has 4 heteroatoms. The predicted octanol–water partition coefficient (Wildman–Crippen LogP) is 3.30. The predicted molar refractivity (Wildman–Crippen MR) is 83.3 cm³/mol. The third kappa shape index (κ3) is 3.85. The Morgan fingerprint density at radius 2 is 2.29 bits per heavy atom. The zero-order chi connectivity index (χ0) is 14.5. The molecule has 1 aromatic carbocycles. The van der Waals surface area contributed by atoms with Gasteiger partial charge in [-0.3, -0.25) is 0 Å². The number of nitrogens with zero attached hydrogens (tertiary/aromatic N) is 2. The Balaban J connectivity index is 1.57. The Morgan fingerprint density at radius 1 is 1.38 bits per heavy atom. The second kappa shape index (κ2) is 6.76. The topological polar surface area (TPSA) is 39.1 Å². The van der Waals surface area contributed by atoms with Crippen molar-refractivity contribution in [3.8, 4) is 5.75 Å². The summed E-state index contributed by atoms with van der Waals surface area (Å²) in [6.45, 7) is 4.70. The van der Waals surface area contributed by atoms with E-state index < -0.39 is 0 Å². The van der Waals surface area contributed by atoms with Crippen molar-refractivity contribution in [2.24, 2.45) is 0 Å². The van der Waals surface area contributed by atoms with E-state index in [0.29, 0.717) is 12.6 Å². The van der Waals surface area contributed by atoms with Gasteiger partial charge in [0.15, 0.2) is 0 Å². The van der Waals surface area contributed by atoms with Gasteiger partial charge in [-0.1, -0.05) is 19.1 Å². The summed E-state index contributed by atoms with van der Waals surface area (Å²) < 4.78 is 8.17. The molecule has 4 nitrogen and oxygen atoms in total. The number of nitrogens with one attached hydrogen (secondary N) is 1. The van der Waals surface area contributed by atoms with E-state index in [1.54, 1.807) is 0 Å². The molecule has 1 saturated carbocycles. The van der Waals surface area contributed by atoms with E-state index in [0.717, 1.165) is 31.0 Å². The van der Waals surface area contributed by atoms with Gasteiger partial charge in [-0.2, -0.15) is 0 Å². The van der Waals surface area contributed by atoms with Crippen LogP contribution in [0.2, 0.25) is 0 Å². The van der Waals surface area contributed by atoms with Crippen molar-refractivity contribution in [3.05, 3.63) is 48.0 Å². The number of hydrogen-bond donors (Lipinski definition) is 1. The third-order valence-electron chi connectivity index (χ3n) is 3.73. The van der Waals surface area contributed by atoms with Crippen molar-refractivity contribution in [1.82, 2.24) is 14.9 Å².